The number of rotatable bonds is 5. The SMILES string of the molecule is NNc1nccc(C(=O)N(CCO)CC(F)(F)F)c1F. The Bertz CT molecular complexity index is 481. The van der Waals surface area contributed by atoms with Crippen molar-refractivity contribution in [2.45, 2.75) is 6.18 Å². The number of hydrazine groups is 1. The van der Waals surface area contributed by atoms with E-state index in [1.54, 1.807) is 0 Å². The third-order valence-electron chi connectivity index (χ3n) is 2.28. The number of nitrogen functional groups attached to an aromatic ring is 1. The quantitative estimate of drug-likeness (QED) is 0.418. The number of nitrogens with one attached hydrogen (secondary N) is 1. The predicted molar refractivity (Wildman–Crippen MR) is 61.0 cm³/mol. The first-order chi connectivity index (χ1) is 9.30. The van der Waals surface area contributed by atoms with E-state index in [9.17, 15) is 22.4 Å². The maximum atomic E-state index is 13.8. The van der Waals surface area contributed by atoms with Gasteiger partial charge in [-0.05, 0) is 6.07 Å². The normalized spacial score (nSPS) is 11.3. The van der Waals surface area contributed by atoms with Gasteiger partial charge in [-0.15, -0.1) is 0 Å². The molecule has 20 heavy (non-hydrogen) atoms. The summed E-state index contributed by atoms with van der Waals surface area (Å²) >= 11 is 0. The van der Waals surface area contributed by atoms with Gasteiger partial charge in [-0.1, -0.05) is 0 Å². The lowest BCUT2D eigenvalue weighted by atomic mass is 10.2. The van der Waals surface area contributed by atoms with Crippen LogP contribution in [-0.4, -0.2) is 46.8 Å². The molecule has 6 nitrogen and oxygen atoms in total. The highest BCUT2D eigenvalue weighted by Gasteiger charge is 2.34. The fraction of sp³-hybridized carbons (Fsp3) is 0.400. The summed E-state index contributed by atoms with van der Waals surface area (Å²) in [6.45, 7) is -2.86. The van der Waals surface area contributed by atoms with E-state index in [1.807, 2.05) is 5.43 Å². The van der Waals surface area contributed by atoms with E-state index < -0.39 is 49.0 Å². The summed E-state index contributed by atoms with van der Waals surface area (Å²) in [7, 11) is 0. The zero-order chi connectivity index (χ0) is 15.3. The van der Waals surface area contributed by atoms with Crippen LogP contribution in [0.4, 0.5) is 23.4 Å². The van der Waals surface area contributed by atoms with Crippen LogP contribution in [0.15, 0.2) is 12.3 Å². The van der Waals surface area contributed by atoms with Crippen molar-refractivity contribution in [1.29, 1.82) is 0 Å². The third-order valence-corrected chi connectivity index (χ3v) is 2.28. The summed E-state index contributed by atoms with van der Waals surface area (Å²) in [5.74, 6) is 2.12. The van der Waals surface area contributed by atoms with Crippen LogP contribution in [0.3, 0.4) is 0 Å². The number of pyridine rings is 1. The lowest BCUT2D eigenvalue weighted by molar-refractivity contribution is -0.141. The van der Waals surface area contributed by atoms with Crippen molar-refractivity contribution >= 4 is 11.7 Å². The Morgan fingerprint density at radius 3 is 2.65 bits per heavy atom. The number of alkyl halides is 3. The number of nitrogens with zero attached hydrogens (tertiary/aromatic N) is 2. The second-order valence-corrected chi connectivity index (χ2v) is 3.73. The Balaban J connectivity index is 3.06. The summed E-state index contributed by atoms with van der Waals surface area (Å²) < 4.78 is 50.8. The number of aliphatic hydroxyl groups excluding tert-OH is 1. The van der Waals surface area contributed by atoms with Gasteiger partial charge in [0, 0.05) is 12.7 Å². The molecule has 112 valence electrons. The molecule has 0 aliphatic heterocycles. The van der Waals surface area contributed by atoms with Gasteiger partial charge in [0.25, 0.3) is 5.91 Å². The van der Waals surface area contributed by atoms with Crippen molar-refractivity contribution in [2.24, 2.45) is 5.84 Å². The zero-order valence-electron chi connectivity index (χ0n) is 10.1. The van der Waals surface area contributed by atoms with Gasteiger partial charge in [0.05, 0.1) is 12.2 Å². The van der Waals surface area contributed by atoms with Crippen LogP contribution in [0.5, 0.6) is 0 Å². The summed E-state index contributed by atoms with van der Waals surface area (Å²) in [4.78, 5) is 15.6. The first kappa shape index (κ1) is 16.1. The fourth-order valence-corrected chi connectivity index (χ4v) is 1.47. The number of nitrogens with two attached hydrogens (primary N) is 1. The monoisotopic (exact) mass is 296 g/mol. The molecule has 0 aromatic carbocycles. The number of aromatic nitrogens is 1. The Morgan fingerprint density at radius 1 is 1.50 bits per heavy atom. The minimum absolute atomic E-state index is 0.290. The molecule has 4 N–H and O–H groups in total. The minimum Gasteiger partial charge on any atom is -0.395 e. The second kappa shape index (κ2) is 6.48. The lowest BCUT2D eigenvalue weighted by Gasteiger charge is -2.23. The molecule has 0 radical (unpaired) electrons. The number of carbonyl (C=O) groups is 1. The molecule has 1 aromatic heterocycles. The zero-order valence-corrected chi connectivity index (χ0v) is 10.1. The molecule has 0 aliphatic rings. The summed E-state index contributed by atoms with van der Waals surface area (Å²) in [6, 6.07) is 0.930. The van der Waals surface area contributed by atoms with Crippen molar-refractivity contribution in [1.82, 2.24) is 9.88 Å². The van der Waals surface area contributed by atoms with E-state index in [2.05, 4.69) is 4.98 Å². The minimum atomic E-state index is -4.66. The van der Waals surface area contributed by atoms with Gasteiger partial charge in [0.15, 0.2) is 11.6 Å². The largest absolute Gasteiger partial charge is 0.406 e. The molecule has 0 spiro atoms. The van der Waals surface area contributed by atoms with Gasteiger partial charge in [-0.2, -0.15) is 13.2 Å². The molecule has 0 fully saturated rings. The average Bonchev–Trinajstić information content (AvgIpc) is 2.36. The molecule has 1 heterocycles. The summed E-state index contributed by atoms with van der Waals surface area (Å²) in [6.07, 6.45) is -3.64. The molecule has 0 aliphatic carbocycles. The van der Waals surface area contributed by atoms with E-state index in [-0.39, 0.29) is 0 Å². The second-order valence-electron chi connectivity index (χ2n) is 3.73. The predicted octanol–water partition coefficient (Wildman–Crippen LogP) is 0.503. The van der Waals surface area contributed by atoms with Gasteiger partial charge >= 0.3 is 6.18 Å². The van der Waals surface area contributed by atoms with Crippen LogP contribution in [0, 0.1) is 5.82 Å². The highest BCUT2D eigenvalue weighted by Crippen LogP contribution is 2.20. The molecule has 1 aromatic rings. The Morgan fingerprint density at radius 2 is 2.15 bits per heavy atom. The highest BCUT2D eigenvalue weighted by molar-refractivity contribution is 5.95. The molecule has 0 unspecified atom stereocenters. The number of amides is 1. The lowest BCUT2D eigenvalue weighted by Crippen LogP contribution is -2.41. The van der Waals surface area contributed by atoms with Crippen molar-refractivity contribution < 1.29 is 27.5 Å². The number of anilines is 1. The summed E-state index contributed by atoms with van der Waals surface area (Å²) in [5.41, 5.74) is 1.26. The molecule has 1 amide bonds. The van der Waals surface area contributed by atoms with E-state index in [0.29, 0.717) is 4.90 Å². The van der Waals surface area contributed by atoms with Gasteiger partial charge in [-0.25, -0.2) is 15.2 Å². The maximum absolute atomic E-state index is 13.8. The molecule has 1 rings (SSSR count). The standard InChI is InChI=1S/C10H12F4N4O2/c11-7-6(1-2-16-8(7)17-15)9(20)18(3-4-19)5-10(12,13)14/h1-2,19H,3-5,15H2,(H,16,17). The van der Waals surface area contributed by atoms with Crippen LogP contribution >= 0.6 is 0 Å². The Kier molecular flexibility index (Phi) is 5.22. The Labute approximate surface area is 111 Å². The van der Waals surface area contributed by atoms with E-state index in [4.69, 9.17) is 10.9 Å². The van der Waals surface area contributed by atoms with Crippen molar-refractivity contribution in [3.63, 3.8) is 0 Å². The fourth-order valence-electron chi connectivity index (χ4n) is 1.47. The van der Waals surface area contributed by atoms with Crippen molar-refractivity contribution in [3.05, 3.63) is 23.6 Å². The van der Waals surface area contributed by atoms with Gasteiger partial charge in [-0.3, -0.25) is 4.79 Å². The van der Waals surface area contributed by atoms with Crippen molar-refractivity contribution in [2.75, 3.05) is 25.1 Å². The number of carbonyl (C=O) groups excluding carboxylic acids is 1. The first-order valence-electron chi connectivity index (χ1n) is 5.38. The van der Waals surface area contributed by atoms with Crippen LogP contribution in [0.25, 0.3) is 0 Å². The van der Waals surface area contributed by atoms with Crippen LogP contribution in [0.1, 0.15) is 10.4 Å². The molecule has 0 atom stereocenters. The van der Waals surface area contributed by atoms with E-state index in [0.717, 1.165) is 12.3 Å². The van der Waals surface area contributed by atoms with Crippen LogP contribution in [-0.2, 0) is 0 Å². The highest BCUT2D eigenvalue weighted by atomic mass is 19.4. The smallest absolute Gasteiger partial charge is 0.395 e. The molecule has 0 saturated heterocycles. The van der Waals surface area contributed by atoms with Gasteiger partial charge in [0.1, 0.15) is 6.54 Å². The van der Waals surface area contributed by atoms with Crippen LogP contribution in [0.2, 0.25) is 0 Å². The molecule has 10 heteroatoms. The third kappa shape index (κ3) is 4.03. The topological polar surface area (TPSA) is 91.5 Å². The van der Waals surface area contributed by atoms with E-state index in [1.165, 1.54) is 0 Å². The number of aliphatic hydroxyl groups is 1. The first-order valence-corrected chi connectivity index (χ1v) is 5.38. The number of halogens is 4. The molecule has 0 saturated carbocycles. The number of hydrogen-bond acceptors (Lipinski definition) is 5. The Hall–Kier alpha value is -1.94. The number of hydrogen-bond donors (Lipinski definition) is 3. The van der Waals surface area contributed by atoms with Crippen molar-refractivity contribution in [3.8, 4) is 0 Å². The van der Waals surface area contributed by atoms with Gasteiger partial charge < -0.3 is 15.4 Å². The van der Waals surface area contributed by atoms with Crippen LogP contribution < -0.4 is 11.3 Å². The van der Waals surface area contributed by atoms with E-state index >= 15 is 0 Å². The molecular formula is C10H12F4N4O2. The molecular weight excluding hydrogens is 284 g/mol. The summed E-state index contributed by atoms with van der Waals surface area (Å²) in [5, 5.41) is 8.70. The van der Waals surface area contributed by atoms with Gasteiger partial charge in [0.2, 0.25) is 0 Å². The molecule has 0 bridgehead atoms. The maximum Gasteiger partial charge on any atom is 0.406 e. The average molecular weight is 296 g/mol.